The van der Waals surface area contributed by atoms with E-state index in [4.69, 9.17) is 4.52 Å². The molecular formula is C21H21N3O3. The van der Waals surface area contributed by atoms with Gasteiger partial charge in [0, 0.05) is 17.0 Å². The maximum absolute atomic E-state index is 12.9. The largest absolute Gasteiger partial charge is 0.359 e. The standard InChI is InChI=1S/C21H21N3O3/c1-12(2)17-10-15(27-23-17)11-22-20(25)13(3)24-18-9-5-7-14-6-4-8-16(19(14)18)21(24)26/h4-10,12-13H,11H2,1-3H3,(H,22,25)/t13-/m1/s1. The van der Waals surface area contributed by atoms with Gasteiger partial charge in [-0.05, 0) is 30.4 Å². The summed E-state index contributed by atoms with van der Waals surface area (Å²) in [6.07, 6.45) is 0. The molecule has 0 bridgehead atoms. The first-order chi connectivity index (χ1) is 13.0. The lowest BCUT2D eigenvalue weighted by Gasteiger charge is -2.24. The third kappa shape index (κ3) is 2.87. The van der Waals surface area contributed by atoms with Crippen molar-refractivity contribution >= 4 is 28.3 Å². The molecule has 0 aliphatic carbocycles. The normalized spacial score (nSPS) is 14.2. The Bertz CT molecular complexity index is 1030. The maximum Gasteiger partial charge on any atom is 0.259 e. The van der Waals surface area contributed by atoms with Gasteiger partial charge < -0.3 is 9.84 Å². The molecule has 2 amide bonds. The van der Waals surface area contributed by atoms with E-state index in [0.29, 0.717) is 11.3 Å². The zero-order valence-electron chi connectivity index (χ0n) is 15.5. The molecule has 1 N–H and O–H groups in total. The summed E-state index contributed by atoms with van der Waals surface area (Å²) in [6.45, 7) is 6.03. The maximum atomic E-state index is 12.9. The minimum atomic E-state index is -0.636. The highest BCUT2D eigenvalue weighted by molar-refractivity contribution is 6.26. The molecule has 6 nitrogen and oxygen atoms in total. The number of aromatic nitrogens is 1. The number of benzene rings is 2. The predicted molar refractivity (Wildman–Crippen MR) is 103 cm³/mol. The highest BCUT2D eigenvalue weighted by atomic mass is 16.5. The first kappa shape index (κ1) is 17.3. The highest BCUT2D eigenvalue weighted by Crippen LogP contribution is 2.38. The second-order valence-electron chi connectivity index (χ2n) is 7.12. The van der Waals surface area contributed by atoms with E-state index in [1.165, 1.54) is 0 Å². The quantitative estimate of drug-likeness (QED) is 0.751. The van der Waals surface area contributed by atoms with Gasteiger partial charge in [0.15, 0.2) is 5.76 Å². The van der Waals surface area contributed by atoms with Crippen molar-refractivity contribution in [1.29, 1.82) is 0 Å². The topological polar surface area (TPSA) is 75.4 Å². The summed E-state index contributed by atoms with van der Waals surface area (Å²) in [4.78, 5) is 27.1. The van der Waals surface area contributed by atoms with Gasteiger partial charge >= 0.3 is 0 Å². The van der Waals surface area contributed by atoms with Crippen molar-refractivity contribution in [2.24, 2.45) is 0 Å². The van der Waals surface area contributed by atoms with E-state index in [0.717, 1.165) is 22.2 Å². The van der Waals surface area contributed by atoms with Gasteiger partial charge in [-0.1, -0.05) is 43.3 Å². The van der Waals surface area contributed by atoms with Crippen molar-refractivity contribution in [2.75, 3.05) is 4.90 Å². The monoisotopic (exact) mass is 363 g/mol. The first-order valence-electron chi connectivity index (χ1n) is 9.06. The van der Waals surface area contributed by atoms with Crippen molar-refractivity contribution in [1.82, 2.24) is 10.5 Å². The van der Waals surface area contributed by atoms with Crippen LogP contribution in [0, 0.1) is 0 Å². The number of hydrogen-bond donors (Lipinski definition) is 1. The fourth-order valence-corrected chi connectivity index (χ4v) is 3.45. The molecular weight excluding hydrogens is 342 g/mol. The average molecular weight is 363 g/mol. The van der Waals surface area contributed by atoms with Gasteiger partial charge in [0.1, 0.15) is 6.04 Å². The lowest BCUT2D eigenvalue weighted by Crippen LogP contribution is -2.46. The number of rotatable bonds is 5. The third-order valence-corrected chi connectivity index (χ3v) is 4.96. The third-order valence-electron chi connectivity index (χ3n) is 4.96. The van der Waals surface area contributed by atoms with Gasteiger partial charge in [0.05, 0.1) is 17.9 Å². The van der Waals surface area contributed by atoms with Crippen LogP contribution in [-0.4, -0.2) is 23.0 Å². The summed E-state index contributed by atoms with van der Waals surface area (Å²) in [7, 11) is 0. The molecule has 0 fully saturated rings. The van der Waals surface area contributed by atoms with Gasteiger partial charge in [-0.25, -0.2) is 0 Å². The molecule has 6 heteroatoms. The lowest BCUT2D eigenvalue weighted by molar-refractivity contribution is -0.122. The average Bonchev–Trinajstić information content (AvgIpc) is 3.25. The van der Waals surface area contributed by atoms with Gasteiger partial charge in [0.2, 0.25) is 5.91 Å². The fraction of sp³-hybridized carbons (Fsp3) is 0.286. The van der Waals surface area contributed by atoms with Gasteiger partial charge in [0.25, 0.3) is 5.91 Å². The van der Waals surface area contributed by atoms with Crippen molar-refractivity contribution in [3.63, 3.8) is 0 Å². The Balaban J connectivity index is 1.53. The predicted octanol–water partition coefficient (Wildman–Crippen LogP) is 3.62. The Labute approximate surface area is 157 Å². The molecule has 1 aromatic heterocycles. The smallest absolute Gasteiger partial charge is 0.259 e. The van der Waals surface area contributed by atoms with E-state index < -0.39 is 6.04 Å². The zero-order valence-corrected chi connectivity index (χ0v) is 15.5. The summed E-state index contributed by atoms with van der Waals surface area (Å²) >= 11 is 0. The molecule has 0 saturated heterocycles. The second kappa shape index (κ2) is 6.54. The molecule has 2 aromatic carbocycles. The van der Waals surface area contributed by atoms with Crippen LogP contribution in [0.5, 0.6) is 0 Å². The van der Waals surface area contributed by atoms with Gasteiger partial charge in [-0.3, -0.25) is 14.5 Å². The van der Waals surface area contributed by atoms with Crippen LogP contribution in [0.2, 0.25) is 0 Å². The SMILES string of the molecule is CC(C)c1cc(CNC(=O)[C@@H](C)N2C(=O)c3cccc4cccc2c34)on1. The molecule has 1 aliphatic rings. The lowest BCUT2D eigenvalue weighted by atomic mass is 10.1. The Morgan fingerprint density at radius 1 is 1.19 bits per heavy atom. The summed E-state index contributed by atoms with van der Waals surface area (Å²) < 4.78 is 5.25. The molecule has 3 aromatic rings. The number of carbonyl (C=O) groups excluding carboxylic acids is 2. The summed E-state index contributed by atoms with van der Waals surface area (Å²) in [5.74, 6) is 0.470. The Morgan fingerprint density at radius 3 is 2.63 bits per heavy atom. The molecule has 4 rings (SSSR count). The Morgan fingerprint density at radius 2 is 1.93 bits per heavy atom. The van der Waals surface area contributed by atoms with Crippen molar-refractivity contribution in [3.8, 4) is 0 Å². The number of carbonyl (C=O) groups is 2. The number of hydrogen-bond acceptors (Lipinski definition) is 4. The van der Waals surface area contributed by atoms with Crippen LogP contribution in [-0.2, 0) is 11.3 Å². The fourth-order valence-electron chi connectivity index (χ4n) is 3.45. The van der Waals surface area contributed by atoms with Crippen LogP contribution in [0.3, 0.4) is 0 Å². The van der Waals surface area contributed by atoms with Crippen LogP contribution in [0.25, 0.3) is 10.8 Å². The van der Waals surface area contributed by atoms with Gasteiger partial charge in [-0.2, -0.15) is 0 Å². The van der Waals surface area contributed by atoms with Crippen molar-refractivity contribution in [3.05, 3.63) is 59.5 Å². The van der Waals surface area contributed by atoms with Crippen molar-refractivity contribution in [2.45, 2.75) is 39.3 Å². The van der Waals surface area contributed by atoms with Crippen LogP contribution in [0.4, 0.5) is 5.69 Å². The molecule has 0 saturated carbocycles. The van der Waals surface area contributed by atoms with Crippen LogP contribution in [0.1, 0.15) is 48.5 Å². The minimum Gasteiger partial charge on any atom is -0.359 e. The molecule has 0 radical (unpaired) electrons. The first-order valence-corrected chi connectivity index (χ1v) is 9.06. The minimum absolute atomic E-state index is 0.147. The van der Waals surface area contributed by atoms with E-state index in [-0.39, 0.29) is 24.3 Å². The van der Waals surface area contributed by atoms with E-state index in [1.807, 2.05) is 50.2 Å². The van der Waals surface area contributed by atoms with E-state index in [2.05, 4.69) is 10.5 Å². The summed E-state index contributed by atoms with van der Waals surface area (Å²) in [5, 5.41) is 8.73. The highest BCUT2D eigenvalue weighted by Gasteiger charge is 2.35. The van der Waals surface area contributed by atoms with E-state index in [9.17, 15) is 9.59 Å². The second-order valence-corrected chi connectivity index (χ2v) is 7.12. The van der Waals surface area contributed by atoms with E-state index >= 15 is 0 Å². The molecule has 1 atom stereocenters. The number of anilines is 1. The summed E-state index contributed by atoms with van der Waals surface area (Å²) in [5.41, 5.74) is 2.27. The van der Waals surface area contributed by atoms with Crippen molar-refractivity contribution < 1.29 is 14.1 Å². The molecule has 0 unspecified atom stereocenters. The Hall–Kier alpha value is -3.15. The Kier molecular flexibility index (Phi) is 4.18. The molecule has 138 valence electrons. The molecule has 27 heavy (non-hydrogen) atoms. The zero-order chi connectivity index (χ0) is 19.1. The number of nitrogens with zero attached hydrogens (tertiary/aromatic N) is 2. The van der Waals surface area contributed by atoms with Crippen LogP contribution >= 0.6 is 0 Å². The molecule has 0 spiro atoms. The molecule has 2 heterocycles. The van der Waals surface area contributed by atoms with Crippen LogP contribution in [0.15, 0.2) is 47.0 Å². The summed E-state index contributed by atoms with van der Waals surface area (Å²) in [6, 6.07) is 12.6. The molecule has 1 aliphatic heterocycles. The number of nitrogens with one attached hydrogen (secondary N) is 1. The van der Waals surface area contributed by atoms with E-state index in [1.54, 1.807) is 17.9 Å². The van der Waals surface area contributed by atoms with Crippen LogP contribution < -0.4 is 10.2 Å². The number of amides is 2. The van der Waals surface area contributed by atoms with Gasteiger partial charge in [-0.15, -0.1) is 0 Å².